The molecule has 1 aromatic heterocycles. The van der Waals surface area contributed by atoms with Crippen LogP contribution in [0.25, 0.3) is 0 Å². The Morgan fingerprint density at radius 3 is 2.40 bits per heavy atom. The molecule has 1 aromatic carbocycles. The fraction of sp³-hybridized carbons (Fsp3) is 0.500. The van der Waals surface area contributed by atoms with E-state index >= 15 is 0 Å². The standard InChI is InChI=1S/C22H32N4O3S/c1-5-23-22(26-14-12-25(13-15-26)19-7-6-16-30-19)24-11-10-17-8-9-18(27-2)21(29-4)20(17)28-3/h6-9,16H,5,10-15H2,1-4H3,(H,23,24). The Kier molecular flexibility index (Phi) is 8.07. The van der Waals surface area contributed by atoms with Gasteiger partial charge < -0.3 is 29.3 Å². The zero-order chi connectivity index (χ0) is 21.3. The van der Waals surface area contributed by atoms with E-state index in [9.17, 15) is 0 Å². The third-order valence-electron chi connectivity index (χ3n) is 5.16. The molecule has 3 rings (SSSR count). The summed E-state index contributed by atoms with van der Waals surface area (Å²) in [5.74, 6) is 2.97. The van der Waals surface area contributed by atoms with E-state index in [1.807, 2.05) is 12.1 Å². The maximum Gasteiger partial charge on any atom is 0.203 e. The van der Waals surface area contributed by atoms with Crippen molar-refractivity contribution in [3.8, 4) is 17.2 Å². The predicted octanol–water partition coefficient (Wildman–Crippen LogP) is 3.10. The molecule has 8 heteroatoms. The lowest BCUT2D eigenvalue weighted by Crippen LogP contribution is -2.52. The quantitative estimate of drug-likeness (QED) is 0.511. The molecule has 7 nitrogen and oxygen atoms in total. The van der Waals surface area contributed by atoms with E-state index in [0.29, 0.717) is 23.8 Å². The van der Waals surface area contributed by atoms with Crippen molar-refractivity contribution in [2.45, 2.75) is 13.3 Å². The number of nitrogens with zero attached hydrogens (tertiary/aromatic N) is 3. The lowest BCUT2D eigenvalue weighted by atomic mass is 10.1. The van der Waals surface area contributed by atoms with E-state index in [-0.39, 0.29) is 0 Å². The summed E-state index contributed by atoms with van der Waals surface area (Å²) < 4.78 is 16.5. The van der Waals surface area contributed by atoms with Crippen LogP contribution in [0.3, 0.4) is 0 Å². The number of aliphatic imine (C=N–C) groups is 1. The number of ether oxygens (including phenoxy) is 3. The first-order valence-electron chi connectivity index (χ1n) is 10.3. The molecule has 1 saturated heterocycles. The highest BCUT2D eigenvalue weighted by Gasteiger charge is 2.20. The number of nitrogens with one attached hydrogen (secondary N) is 1. The van der Waals surface area contributed by atoms with Gasteiger partial charge in [0.25, 0.3) is 0 Å². The zero-order valence-corrected chi connectivity index (χ0v) is 19.1. The average Bonchev–Trinajstić information content (AvgIpc) is 3.33. The van der Waals surface area contributed by atoms with Gasteiger partial charge in [0, 0.05) is 44.8 Å². The molecule has 0 amide bonds. The van der Waals surface area contributed by atoms with Gasteiger partial charge in [0.05, 0.1) is 26.3 Å². The molecule has 1 N–H and O–H groups in total. The van der Waals surface area contributed by atoms with E-state index in [2.05, 4.69) is 39.6 Å². The largest absolute Gasteiger partial charge is 0.493 e. The van der Waals surface area contributed by atoms with Crippen molar-refractivity contribution in [2.24, 2.45) is 4.99 Å². The molecule has 2 aromatic rings. The van der Waals surface area contributed by atoms with Crippen molar-refractivity contribution in [2.75, 3.05) is 65.5 Å². The molecule has 0 unspecified atom stereocenters. The smallest absolute Gasteiger partial charge is 0.203 e. The second-order valence-electron chi connectivity index (χ2n) is 6.90. The number of piperazine rings is 1. The van der Waals surface area contributed by atoms with E-state index in [1.54, 1.807) is 32.7 Å². The minimum atomic E-state index is 0.623. The minimum absolute atomic E-state index is 0.623. The molecule has 1 aliphatic heterocycles. The molecule has 0 atom stereocenters. The molecule has 1 fully saturated rings. The molecule has 30 heavy (non-hydrogen) atoms. The highest BCUT2D eigenvalue weighted by molar-refractivity contribution is 7.14. The lowest BCUT2D eigenvalue weighted by Gasteiger charge is -2.37. The summed E-state index contributed by atoms with van der Waals surface area (Å²) in [6, 6.07) is 8.23. The highest BCUT2D eigenvalue weighted by atomic mass is 32.1. The van der Waals surface area contributed by atoms with Crippen LogP contribution in [0.4, 0.5) is 5.00 Å². The third-order valence-corrected chi connectivity index (χ3v) is 6.09. The molecule has 164 valence electrons. The van der Waals surface area contributed by atoms with E-state index in [0.717, 1.165) is 50.7 Å². The van der Waals surface area contributed by atoms with E-state index in [1.165, 1.54) is 5.00 Å². The Balaban J connectivity index is 1.64. The first-order valence-corrected chi connectivity index (χ1v) is 11.2. The minimum Gasteiger partial charge on any atom is -0.493 e. The Bertz CT molecular complexity index is 818. The number of hydrogen-bond acceptors (Lipinski definition) is 6. The predicted molar refractivity (Wildman–Crippen MR) is 124 cm³/mol. The van der Waals surface area contributed by atoms with Crippen LogP contribution in [0.1, 0.15) is 12.5 Å². The van der Waals surface area contributed by atoms with Gasteiger partial charge in [-0.3, -0.25) is 4.99 Å². The van der Waals surface area contributed by atoms with Crippen LogP contribution in [-0.4, -0.2) is 71.5 Å². The zero-order valence-electron chi connectivity index (χ0n) is 18.3. The molecule has 0 aliphatic carbocycles. The van der Waals surface area contributed by atoms with Crippen LogP contribution >= 0.6 is 11.3 Å². The van der Waals surface area contributed by atoms with Gasteiger partial charge in [-0.05, 0) is 36.9 Å². The highest BCUT2D eigenvalue weighted by Crippen LogP contribution is 2.39. The molecule has 1 aliphatic rings. The van der Waals surface area contributed by atoms with Crippen LogP contribution in [0, 0.1) is 0 Å². The maximum absolute atomic E-state index is 5.59. The lowest BCUT2D eigenvalue weighted by molar-refractivity contribution is 0.322. The molecule has 0 radical (unpaired) electrons. The van der Waals surface area contributed by atoms with Gasteiger partial charge in [-0.1, -0.05) is 6.07 Å². The summed E-state index contributed by atoms with van der Waals surface area (Å²) in [5, 5.41) is 6.92. The Hall–Kier alpha value is -2.61. The van der Waals surface area contributed by atoms with Gasteiger partial charge in [0.1, 0.15) is 0 Å². The molecule has 2 heterocycles. The monoisotopic (exact) mass is 432 g/mol. The van der Waals surface area contributed by atoms with Gasteiger partial charge in [-0.25, -0.2) is 0 Å². The van der Waals surface area contributed by atoms with Crippen LogP contribution in [-0.2, 0) is 6.42 Å². The topological polar surface area (TPSA) is 58.6 Å². The van der Waals surface area contributed by atoms with Gasteiger partial charge in [0.2, 0.25) is 5.75 Å². The maximum atomic E-state index is 5.59. The van der Waals surface area contributed by atoms with Crippen molar-refractivity contribution < 1.29 is 14.2 Å². The van der Waals surface area contributed by atoms with Crippen LogP contribution < -0.4 is 24.4 Å². The number of hydrogen-bond donors (Lipinski definition) is 1. The van der Waals surface area contributed by atoms with Crippen molar-refractivity contribution >= 4 is 22.3 Å². The number of rotatable bonds is 8. The number of thiophene rings is 1. The molecule has 0 spiro atoms. The summed E-state index contributed by atoms with van der Waals surface area (Å²) in [7, 11) is 4.91. The van der Waals surface area contributed by atoms with Crippen molar-refractivity contribution in [1.82, 2.24) is 10.2 Å². The van der Waals surface area contributed by atoms with Gasteiger partial charge >= 0.3 is 0 Å². The van der Waals surface area contributed by atoms with Gasteiger partial charge in [0.15, 0.2) is 17.5 Å². The first-order chi connectivity index (χ1) is 14.7. The summed E-state index contributed by atoms with van der Waals surface area (Å²) in [5.41, 5.74) is 1.05. The van der Waals surface area contributed by atoms with E-state index in [4.69, 9.17) is 19.2 Å². The Morgan fingerprint density at radius 1 is 1.03 bits per heavy atom. The third kappa shape index (κ3) is 5.11. The van der Waals surface area contributed by atoms with Gasteiger partial charge in [-0.2, -0.15) is 0 Å². The molecule has 0 saturated carbocycles. The van der Waals surface area contributed by atoms with E-state index < -0.39 is 0 Å². The summed E-state index contributed by atoms with van der Waals surface area (Å²) in [6.45, 7) is 7.56. The summed E-state index contributed by atoms with van der Waals surface area (Å²) in [6.07, 6.45) is 0.758. The van der Waals surface area contributed by atoms with Crippen LogP contribution in [0.5, 0.6) is 17.2 Å². The Labute approximate surface area is 183 Å². The summed E-state index contributed by atoms with van der Waals surface area (Å²) in [4.78, 5) is 9.67. The number of guanidine groups is 1. The number of anilines is 1. The second kappa shape index (κ2) is 11.0. The second-order valence-corrected chi connectivity index (χ2v) is 7.83. The van der Waals surface area contributed by atoms with Gasteiger partial charge in [-0.15, -0.1) is 11.3 Å². The normalized spacial score (nSPS) is 14.6. The Morgan fingerprint density at radius 2 is 1.80 bits per heavy atom. The SMILES string of the molecule is CCNC(=NCCc1ccc(OC)c(OC)c1OC)N1CCN(c2cccs2)CC1. The van der Waals surface area contributed by atoms with Crippen molar-refractivity contribution in [3.63, 3.8) is 0 Å². The first kappa shape index (κ1) is 22.1. The average molecular weight is 433 g/mol. The van der Waals surface area contributed by atoms with Crippen LogP contribution in [0.15, 0.2) is 34.6 Å². The fourth-order valence-electron chi connectivity index (χ4n) is 3.66. The summed E-state index contributed by atoms with van der Waals surface area (Å²) >= 11 is 1.80. The molecular formula is C22H32N4O3S. The fourth-order valence-corrected chi connectivity index (χ4v) is 4.44. The van der Waals surface area contributed by atoms with Crippen molar-refractivity contribution in [1.29, 1.82) is 0 Å². The van der Waals surface area contributed by atoms with Crippen LogP contribution in [0.2, 0.25) is 0 Å². The van der Waals surface area contributed by atoms with Crippen molar-refractivity contribution in [3.05, 3.63) is 35.2 Å². The molecule has 0 bridgehead atoms. The number of benzene rings is 1. The molecular weight excluding hydrogens is 400 g/mol. The number of methoxy groups -OCH3 is 3.